The molecule has 0 saturated carbocycles. The number of halogens is 6. The third-order valence-electron chi connectivity index (χ3n) is 5.51. The van der Waals surface area contributed by atoms with Gasteiger partial charge in [-0.05, 0) is 35.4 Å². The summed E-state index contributed by atoms with van der Waals surface area (Å²) < 4.78 is 119. The largest absolute Gasteiger partial charge is 0.494 e. The van der Waals surface area contributed by atoms with Crippen molar-refractivity contribution >= 4 is 15.8 Å². The van der Waals surface area contributed by atoms with Gasteiger partial charge in [-0.1, -0.05) is 54.6 Å². The molecule has 0 fully saturated rings. The highest BCUT2D eigenvalue weighted by Gasteiger charge is 2.62. The number of hydrogen-bond acceptors (Lipinski definition) is 4. The van der Waals surface area contributed by atoms with E-state index in [1.165, 1.54) is 42.5 Å². The number of anilines is 1. The standard InChI is InChI=1S/C25H19F6N3O3S/c1-37-20-13-12-17(14-19(20)26)21-22(24(27,28)25(29,30)31)34(15-16-8-4-2-5-9-16)32-23(21)33-38(35,36)18-10-6-3-7-11-18/h2-14H,15H2,1H3,(H,32,33). The molecule has 0 spiro atoms. The van der Waals surface area contributed by atoms with Crippen LogP contribution in [0.5, 0.6) is 5.75 Å². The number of sulfonamides is 1. The molecular formula is C25H19F6N3O3S. The van der Waals surface area contributed by atoms with E-state index in [1.54, 1.807) is 18.2 Å². The van der Waals surface area contributed by atoms with Gasteiger partial charge in [-0.3, -0.25) is 9.40 Å². The lowest BCUT2D eigenvalue weighted by Gasteiger charge is -2.22. The quantitative estimate of drug-likeness (QED) is 0.263. The number of aromatic nitrogens is 2. The van der Waals surface area contributed by atoms with E-state index in [9.17, 15) is 26.0 Å². The molecule has 1 aromatic heterocycles. The average molecular weight is 556 g/mol. The Hall–Kier alpha value is -4.00. The summed E-state index contributed by atoms with van der Waals surface area (Å²) in [5.41, 5.74) is -2.78. The summed E-state index contributed by atoms with van der Waals surface area (Å²) in [4.78, 5) is -0.298. The van der Waals surface area contributed by atoms with Crippen LogP contribution in [0.15, 0.2) is 83.8 Å². The lowest BCUT2D eigenvalue weighted by molar-refractivity contribution is -0.291. The molecule has 0 atom stereocenters. The first-order chi connectivity index (χ1) is 17.8. The molecule has 0 amide bonds. The van der Waals surface area contributed by atoms with Crippen molar-refractivity contribution < 1.29 is 39.5 Å². The number of alkyl halides is 5. The molecule has 200 valence electrons. The summed E-state index contributed by atoms with van der Waals surface area (Å²) in [6.07, 6.45) is -6.09. The van der Waals surface area contributed by atoms with Gasteiger partial charge in [-0.2, -0.15) is 27.1 Å². The Morgan fingerprint density at radius 2 is 1.53 bits per heavy atom. The average Bonchev–Trinajstić information content (AvgIpc) is 3.21. The normalized spacial score (nSPS) is 12.4. The maximum Gasteiger partial charge on any atom is 0.459 e. The van der Waals surface area contributed by atoms with E-state index >= 15 is 8.78 Å². The summed E-state index contributed by atoms with van der Waals surface area (Å²) in [6.45, 7) is -0.569. The molecule has 1 N–H and O–H groups in total. The maximum atomic E-state index is 15.1. The van der Waals surface area contributed by atoms with Crippen molar-refractivity contribution in [2.75, 3.05) is 11.8 Å². The zero-order chi connectivity index (χ0) is 27.7. The molecule has 0 aliphatic rings. The van der Waals surface area contributed by atoms with E-state index in [-0.39, 0.29) is 10.6 Å². The third-order valence-corrected chi connectivity index (χ3v) is 6.86. The fourth-order valence-electron chi connectivity index (χ4n) is 3.74. The van der Waals surface area contributed by atoms with Crippen LogP contribution in [0.2, 0.25) is 0 Å². The second-order valence-corrected chi connectivity index (χ2v) is 9.74. The highest BCUT2D eigenvalue weighted by molar-refractivity contribution is 7.92. The zero-order valence-corrected chi connectivity index (χ0v) is 20.3. The number of nitrogens with zero attached hydrogens (tertiary/aromatic N) is 2. The first kappa shape index (κ1) is 27.0. The molecule has 0 unspecified atom stereocenters. The van der Waals surface area contributed by atoms with Crippen LogP contribution in [0.25, 0.3) is 11.1 Å². The second-order valence-electron chi connectivity index (χ2n) is 8.06. The van der Waals surface area contributed by atoms with Gasteiger partial charge >= 0.3 is 12.1 Å². The number of nitrogens with one attached hydrogen (secondary N) is 1. The highest BCUT2D eigenvalue weighted by Crippen LogP contribution is 2.49. The minimum Gasteiger partial charge on any atom is -0.494 e. The van der Waals surface area contributed by atoms with Gasteiger partial charge in [0.2, 0.25) is 0 Å². The maximum absolute atomic E-state index is 15.1. The van der Waals surface area contributed by atoms with Gasteiger partial charge in [0.25, 0.3) is 10.0 Å². The molecule has 0 saturated heterocycles. The zero-order valence-electron chi connectivity index (χ0n) is 19.5. The molecule has 6 nitrogen and oxygen atoms in total. The van der Waals surface area contributed by atoms with Crippen molar-refractivity contribution in [1.29, 1.82) is 0 Å². The predicted octanol–water partition coefficient (Wildman–Crippen LogP) is 6.20. The summed E-state index contributed by atoms with van der Waals surface area (Å²) in [7, 11) is -3.36. The van der Waals surface area contributed by atoms with E-state index < -0.39 is 57.1 Å². The minimum absolute atomic E-state index is 0.298. The van der Waals surface area contributed by atoms with Gasteiger partial charge in [0.15, 0.2) is 17.4 Å². The van der Waals surface area contributed by atoms with Gasteiger partial charge in [0.1, 0.15) is 5.69 Å². The van der Waals surface area contributed by atoms with Gasteiger partial charge in [-0.25, -0.2) is 12.8 Å². The second kappa shape index (κ2) is 10.0. The van der Waals surface area contributed by atoms with Gasteiger partial charge < -0.3 is 4.74 Å². The van der Waals surface area contributed by atoms with Crippen LogP contribution in [-0.2, 0) is 22.5 Å². The lowest BCUT2D eigenvalue weighted by atomic mass is 10.0. The van der Waals surface area contributed by atoms with Gasteiger partial charge in [0, 0.05) is 0 Å². The van der Waals surface area contributed by atoms with E-state index in [0.29, 0.717) is 16.3 Å². The molecule has 3 aromatic carbocycles. The molecule has 0 bridgehead atoms. The fourth-order valence-corrected chi connectivity index (χ4v) is 4.77. The van der Waals surface area contributed by atoms with E-state index in [2.05, 4.69) is 5.10 Å². The van der Waals surface area contributed by atoms with Crippen LogP contribution in [0.1, 0.15) is 11.3 Å². The van der Waals surface area contributed by atoms with Crippen molar-refractivity contribution in [2.24, 2.45) is 0 Å². The Morgan fingerprint density at radius 1 is 0.921 bits per heavy atom. The van der Waals surface area contributed by atoms with Crippen LogP contribution < -0.4 is 9.46 Å². The summed E-state index contributed by atoms with van der Waals surface area (Å²) in [5.74, 6) is -7.72. The van der Waals surface area contributed by atoms with E-state index in [1.807, 2.05) is 4.72 Å². The van der Waals surface area contributed by atoms with Crippen molar-refractivity contribution in [1.82, 2.24) is 9.78 Å². The Kier molecular flexibility index (Phi) is 7.15. The Labute approximate surface area is 213 Å². The molecule has 0 radical (unpaired) electrons. The number of ether oxygens (including phenoxy) is 1. The first-order valence-electron chi connectivity index (χ1n) is 10.9. The van der Waals surface area contributed by atoms with Crippen LogP contribution in [0, 0.1) is 5.82 Å². The third kappa shape index (κ3) is 5.19. The molecule has 4 aromatic rings. The Morgan fingerprint density at radius 3 is 2.08 bits per heavy atom. The topological polar surface area (TPSA) is 73.2 Å². The van der Waals surface area contributed by atoms with Gasteiger partial charge in [0.05, 0.1) is 24.1 Å². The Bertz CT molecular complexity index is 1540. The minimum atomic E-state index is -6.09. The number of methoxy groups -OCH3 is 1. The van der Waals surface area contributed by atoms with E-state index in [4.69, 9.17) is 4.74 Å². The molecule has 4 rings (SSSR count). The molecule has 13 heteroatoms. The molecule has 38 heavy (non-hydrogen) atoms. The van der Waals surface area contributed by atoms with Gasteiger partial charge in [-0.15, -0.1) is 0 Å². The van der Waals surface area contributed by atoms with Crippen LogP contribution in [0.3, 0.4) is 0 Å². The van der Waals surface area contributed by atoms with Crippen molar-refractivity contribution in [3.05, 3.63) is 95.9 Å². The van der Waals surface area contributed by atoms with Crippen LogP contribution >= 0.6 is 0 Å². The first-order valence-corrected chi connectivity index (χ1v) is 12.3. The molecule has 0 aliphatic heterocycles. The highest BCUT2D eigenvalue weighted by atomic mass is 32.2. The monoisotopic (exact) mass is 555 g/mol. The molecular weight excluding hydrogens is 536 g/mol. The predicted molar refractivity (Wildman–Crippen MR) is 127 cm³/mol. The summed E-state index contributed by atoms with van der Waals surface area (Å²) >= 11 is 0. The Balaban J connectivity index is 2.02. The fraction of sp³-hybridized carbons (Fsp3) is 0.160. The number of rotatable bonds is 8. The van der Waals surface area contributed by atoms with Crippen LogP contribution in [-0.4, -0.2) is 31.5 Å². The molecule has 1 heterocycles. The van der Waals surface area contributed by atoms with Crippen molar-refractivity contribution in [3.63, 3.8) is 0 Å². The molecule has 0 aliphatic carbocycles. The SMILES string of the molecule is COc1ccc(-c2c(NS(=O)(=O)c3ccccc3)nn(Cc3ccccc3)c2C(F)(F)C(F)(F)F)cc1F. The van der Waals surface area contributed by atoms with Crippen molar-refractivity contribution in [2.45, 2.75) is 23.5 Å². The summed E-state index contributed by atoms with van der Waals surface area (Å²) in [5, 5.41) is 3.84. The summed E-state index contributed by atoms with van der Waals surface area (Å²) in [6, 6.07) is 17.1. The number of benzene rings is 3. The van der Waals surface area contributed by atoms with E-state index in [0.717, 1.165) is 19.2 Å². The smallest absolute Gasteiger partial charge is 0.459 e. The van der Waals surface area contributed by atoms with Crippen molar-refractivity contribution in [3.8, 4) is 16.9 Å². The lowest BCUT2D eigenvalue weighted by Crippen LogP contribution is -2.36. The van der Waals surface area contributed by atoms with Crippen LogP contribution in [0.4, 0.5) is 32.2 Å². The number of hydrogen-bond donors (Lipinski definition) is 1.